The number of aromatic nitrogens is 1. The summed E-state index contributed by atoms with van der Waals surface area (Å²) in [7, 11) is 1.56. The normalized spacial score (nSPS) is 14.6. The highest BCUT2D eigenvalue weighted by molar-refractivity contribution is 14.1. The number of nitrogens with zero attached hydrogens (tertiary/aromatic N) is 2. The molecule has 0 N–H and O–H groups in total. The predicted octanol–water partition coefficient (Wildman–Crippen LogP) is 7.04. The van der Waals surface area contributed by atoms with Gasteiger partial charge in [-0.05, 0) is 120 Å². The molecule has 0 amide bonds. The second kappa shape index (κ2) is 14.9. The minimum absolute atomic E-state index is 0.0660. The highest BCUT2D eigenvalue weighted by Gasteiger charge is 2.34. The van der Waals surface area contributed by atoms with Crippen LogP contribution < -0.4 is 29.1 Å². The van der Waals surface area contributed by atoms with Gasteiger partial charge < -0.3 is 18.9 Å². The fraction of sp³-hybridized carbons (Fsp3) is 0.265. The fourth-order valence-electron chi connectivity index (χ4n) is 5.03. The van der Waals surface area contributed by atoms with Crippen molar-refractivity contribution < 1.29 is 23.7 Å². The molecule has 1 aliphatic rings. The first-order valence-electron chi connectivity index (χ1n) is 14.4. The number of rotatable bonds is 10. The molecule has 0 fully saturated rings. The molecule has 0 saturated heterocycles. The molecule has 0 spiro atoms. The van der Waals surface area contributed by atoms with Crippen LogP contribution in [0.25, 0.3) is 6.08 Å². The van der Waals surface area contributed by atoms with Gasteiger partial charge in [-0.1, -0.05) is 47.2 Å². The molecule has 5 rings (SSSR count). The monoisotopic (exact) mass is 884 g/mol. The van der Waals surface area contributed by atoms with Gasteiger partial charge in [-0.3, -0.25) is 9.36 Å². The Labute approximate surface area is 303 Å². The standard InChI is InChI=1S/C34H31ClI2N2O6S/c1-6-43-33(41)29-19(4)38-34-39(30(29)21-11-12-26(45-18(2)3)27(16-21)42-5)32(40)28(46-34)15-20-13-24(36)31(25(37)14-20)44-17-22-9-7-8-10-23(22)35/h7-16,18,30H,6,17H2,1-5H3/b28-15-/t30-/m0/s1. The Kier molecular flexibility index (Phi) is 11.2. The second-order valence-electron chi connectivity index (χ2n) is 10.6. The van der Waals surface area contributed by atoms with Gasteiger partial charge in [0.15, 0.2) is 16.3 Å². The van der Waals surface area contributed by atoms with E-state index in [0.717, 1.165) is 24.0 Å². The van der Waals surface area contributed by atoms with Crippen LogP contribution in [0.2, 0.25) is 5.02 Å². The molecule has 240 valence electrons. The highest BCUT2D eigenvalue weighted by atomic mass is 127. The van der Waals surface area contributed by atoms with Gasteiger partial charge in [-0.2, -0.15) is 0 Å². The van der Waals surface area contributed by atoms with Gasteiger partial charge in [0.25, 0.3) is 5.56 Å². The number of hydrogen-bond donors (Lipinski definition) is 0. The number of carbonyl (C=O) groups is 1. The molecule has 46 heavy (non-hydrogen) atoms. The molecule has 4 aromatic rings. The Morgan fingerprint density at radius 3 is 2.48 bits per heavy atom. The van der Waals surface area contributed by atoms with Crippen molar-refractivity contribution in [1.29, 1.82) is 0 Å². The third kappa shape index (κ3) is 7.32. The van der Waals surface area contributed by atoms with Gasteiger partial charge in [-0.15, -0.1) is 0 Å². The van der Waals surface area contributed by atoms with E-state index in [1.165, 1.54) is 11.3 Å². The summed E-state index contributed by atoms with van der Waals surface area (Å²) in [6, 6.07) is 16.2. The zero-order valence-electron chi connectivity index (χ0n) is 25.7. The SMILES string of the molecule is CCOC(=O)C1=C(C)N=c2s/c(=C\c3cc(I)c(OCc4ccccc4Cl)c(I)c3)c(=O)n2[C@H]1c1ccc(OC(C)C)c(OC)c1. The molecule has 1 aliphatic heterocycles. The number of thiazole rings is 1. The van der Waals surface area contributed by atoms with Crippen LogP contribution in [0.15, 0.2) is 75.7 Å². The largest absolute Gasteiger partial charge is 0.493 e. The maximum absolute atomic E-state index is 14.1. The van der Waals surface area contributed by atoms with Crippen LogP contribution in [-0.4, -0.2) is 30.4 Å². The number of methoxy groups -OCH3 is 1. The Hall–Kier alpha value is -2.88. The second-order valence-corrected chi connectivity index (χ2v) is 14.3. The summed E-state index contributed by atoms with van der Waals surface area (Å²) in [6.45, 7) is 7.89. The Morgan fingerprint density at radius 2 is 1.83 bits per heavy atom. The van der Waals surface area contributed by atoms with E-state index < -0.39 is 12.0 Å². The molecule has 0 saturated carbocycles. The van der Waals surface area contributed by atoms with Gasteiger partial charge in [0.2, 0.25) is 0 Å². The zero-order chi connectivity index (χ0) is 33.1. The molecule has 0 unspecified atom stereocenters. The van der Waals surface area contributed by atoms with Crippen LogP contribution in [-0.2, 0) is 16.1 Å². The Morgan fingerprint density at radius 1 is 1.11 bits per heavy atom. The van der Waals surface area contributed by atoms with E-state index in [0.29, 0.717) is 49.3 Å². The number of esters is 1. The van der Waals surface area contributed by atoms with Crippen molar-refractivity contribution in [2.75, 3.05) is 13.7 Å². The summed E-state index contributed by atoms with van der Waals surface area (Å²) in [5, 5.41) is 0.650. The van der Waals surface area contributed by atoms with Crippen molar-refractivity contribution in [2.45, 2.75) is 46.4 Å². The molecular formula is C34H31ClI2N2O6S. The van der Waals surface area contributed by atoms with E-state index in [4.69, 9.17) is 30.5 Å². The lowest BCUT2D eigenvalue weighted by molar-refractivity contribution is -0.139. The summed E-state index contributed by atoms with van der Waals surface area (Å²) >= 11 is 12.1. The van der Waals surface area contributed by atoms with Crippen LogP contribution in [0, 0.1) is 7.14 Å². The van der Waals surface area contributed by atoms with Crippen molar-refractivity contribution in [3.63, 3.8) is 0 Å². The van der Waals surface area contributed by atoms with Gasteiger partial charge in [0.05, 0.1) is 48.8 Å². The molecule has 1 aromatic heterocycles. The maximum Gasteiger partial charge on any atom is 0.338 e. The molecule has 2 heterocycles. The van der Waals surface area contributed by atoms with Gasteiger partial charge in [0.1, 0.15) is 12.4 Å². The summed E-state index contributed by atoms with van der Waals surface area (Å²) in [6.07, 6.45) is 1.77. The van der Waals surface area contributed by atoms with Crippen molar-refractivity contribution in [3.05, 3.63) is 114 Å². The van der Waals surface area contributed by atoms with E-state index in [-0.39, 0.29) is 18.3 Å². The zero-order valence-corrected chi connectivity index (χ0v) is 31.6. The number of fused-ring (bicyclic) bond motifs is 1. The quantitative estimate of drug-likeness (QED) is 0.126. The van der Waals surface area contributed by atoms with Gasteiger partial charge in [0, 0.05) is 10.6 Å². The third-order valence-corrected chi connectivity index (χ3v) is 9.99. The molecule has 0 radical (unpaired) electrons. The summed E-state index contributed by atoms with van der Waals surface area (Å²) in [5.74, 6) is 1.27. The molecule has 12 heteroatoms. The van der Waals surface area contributed by atoms with Gasteiger partial charge >= 0.3 is 5.97 Å². The predicted molar refractivity (Wildman–Crippen MR) is 197 cm³/mol. The molecule has 0 bridgehead atoms. The average molecular weight is 885 g/mol. The van der Waals surface area contributed by atoms with Crippen LogP contribution in [0.5, 0.6) is 17.2 Å². The van der Waals surface area contributed by atoms with Crippen LogP contribution in [0.1, 0.15) is 50.4 Å². The number of ether oxygens (including phenoxy) is 4. The van der Waals surface area contributed by atoms with E-state index in [1.54, 1.807) is 37.7 Å². The minimum Gasteiger partial charge on any atom is -0.493 e. The Bertz CT molecular complexity index is 2000. The maximum atomic E-state index is 14.1. The van der Waals surface area contributed by atoms with Crippen molar-refractivity contribution >= 4 is 80.2 Å². The highest BCUT2D eigenvalue weighted by Crippen LogP contribution is 2.37. The van der Waals surface area contributed by atoms with E-state index in [2.05, 4.69) is 50.2 Å². The summed E-state index contributed by atoms with van der Waals surface area (Å²) in [5.41, 5.74) is 2.91. The fourth-order valence-corrected chi connectivity index (χ4v) is 8.39. The topological polar surface area (TPSA) is 88.4 Å². The van der Waals surface area contributed by atoms with Crippen LogP contribution >= 0.6 is 68.1 Å². The first-order chi connectivity index (χ1) is 22.0. The number of carbonyl (C=O) groups excluding carboxylic acids is 1. The lowest BCUT2D eigenvalue weighted by Gasteiger charge is -2.25. The molecule has 8 nitrogen and oxygen atoms in total. The number of hydrogen-bond acceptors (Lipinski definition) is 8. The van der Waals surface area contributed by atoms with E-state index in [1.807, 2.05) is 62.4 Å². The smallest absolute Gasteiger partial charge is 0.338 e. The summed E-state index contributed by atoms with van der Waals surface area (Å²) in [4.78, 5) is 32.6. The van der Waals surface area contributed by atoms with Crippen molar-refractivity contribution in [2.24, 2.45) is 4.99 Å². The number of benzene rings is 3. The Balaban J connectivity index is 1.58. The van der Waals surface area contributed by atoms with E-state index in [9.17, 15) is 9.59 Å². The lowest BCUT2D eigenvalue weighted by atomic mass is 9.95. The van der Waals surface area contributed by atoms with Crippen molar-refractivity contribution in [3.8, 4) is 17.2 Å². The van der Waals surface area contributed by atoms with Gasteiger partial charge in [-0.25, -0.2) is 9.79 Å². The summed E-state index contributed by atoms with van der Waals surface area (Å²) < 4.78 is 27.0. The first-order valence-corrected chi connectivity index (χ1v) is 17.8. The number of halogens is 3. The van der Waals surface area contributed by atoms with Crippen LogP contribution in [0.3, 0.4) is 0 Å². The number of allylic oxidation sites excluding steroid dienone is 1. The molecule has 0 aliphatic carbocycles. The molecule has 1 atom stereocenters. The average Bonchev–Trinajstić information content (AvgIpc) is 3.30. The van der Waals surface area contributed by atoms with Crippen LogP contribution in [0.4, 0.5) is 0 Å². The lowest BCUT2D eigenvalue weighted by Crippen LogP contribution is -2.40. The minimum atomic E-state index is -0.777. The molecular weight excluding hydrogens is 854 g/mol. The third-order valence-electron chi connectivity index (χ3n) is 7.03. The van der Waals surface area contributed by atoms with Crippen molar-refractivity contribution in [1.82, 2.24) is 4.57 Å². The molecule has 3 aromatic carbocycles. The van der Waals surface area contributed by atoms with E-state index >= 15 is 0 Å². The first kappa shape index (κ1) is 34.5.